The number of hydrogen-bond acceptors (Lipinski definition) is 3. The highest BCUT2D eigenvalue weighted by Crippen LogP contribution is 2.22. The van der Waals surface area contributed by atoms with Gasteiger partial charge in [0, 0.05) is 12.3 Å². The third-order valence-electron chi connectivity index (χ3n) is 2.65. The van der Waals surface area contributed by atoms with Crippen molar-refractivity contribution in [2.45, 2.75) is 26.4 Å². The number of rotatable bonds is 4. The number of carbonyl (C=O) groups is 1. The Bertz CT molecular complexity index is 369. The van der Waals surface area contributed by atoms with Crippen molar-refractivity contribution in [3.05, 3.63) is 33.6 Å². The van der Waals surface area contributed by atoms with Gasteiger partial charge in [0.05, 0.1) is 7.11 Å². The van der Waals surface area contributed by atoms with Gasteiger partial charge < -0.3 is 9.47 Å². The van der Waals surface area contributed by atoms with Gasteiger partial charge >= 0.3 is 5.97 Å². The van der Waals surface area contributed by atoms with E-state index in [1.807, 2.05) is 24.0 Å². The Labute approximate surface area is 116 Å². The van der Waals surface area contributed by atoms with E-state index in [1.54, 1.807) is 6.08 Å². The van der Waals surface area contributed by atoms with Crippen molar-refractivity contribution in [2.24, 2.45) is 5.92 Å². The second kappa shape index (κ2) is 6.83. The average molecular weight is 348 g/mol. The van der Waals surface area contributed by atoms with E-state index in [0.29, 0.717) is 12.2 Å². The molecule has 0 unspecified atom stereocenters. The minimum absolute atomic E-state index is 0.0982. The van der Waals surface area contributed by atoms with Crippen LogP contribution in [0, 0.1) is 5.92 Å². The fourth-order valence-corrected chi connectivity index (χ4v) is 2.28. The zero-order valence-electron chi connectivity index (χ0n) is 10.3. The number of cyclic esters (lactones) is 1. The van der Waals surface area contributed by atoms with Crippen LogP contribution >= 0.6 is 22.6 Å². The van der Waals surface area contributed by atoms with Crippen molar-refractivity contribution >= 4 is 28.6 Å². The number of allylic oxidation sites excluding steroid dienone is 2. The summed E-state index contributed by atoms with van der Waals surface area (Å²) in [6.45, 7) is 4.08. The molecule has 0 aromatic heterocycles. The van der Waals surface area contributed by atoms with Gasteiger partial charge in [-0.05, 0) is 17.1 Å². The largest absolute Gasteiger partial charge is 0.490 e. The molecule has 0 saturated heterocycles. The summed E-state index contributed by atoms with van der Waals surface area (Å²) in [5.74, 6) is 0.133. The third kappa shape index (κ3) is 4.18. The van der Waals surface area contributed by atoms with E-state index in [0.717, 1.165) is 0 Å². The molecule has 0 amide bonds. The maximum Gasteiger partial charge on any atom is 0.373 e. The Morgan fingerprint density at radius 1 is 1.71 bits per heavy atom. The molecule has 0 spiro atoms. The highest BCUT2D eigenvalue weighted by molar-refractivity contribution is 14.1. The summed E-state index contributed by atoms with van der Waals surface area (Å²) in [7, 11) is 1.48. The first-order chi connectivity index (χ1) is 8.08. The smallest absolute Gasteiger partial charge is 0.373 e. The summed E-state index contributed by atoms with van der Waals surface area (Å²) in [5, 5.41) is 0. The maximum atomic E-state index is 11.5. The molecule has 4 heteroatoms. The van der Waals surface area contributed by atoms with Crippen LogP contribution in [-0.2, 0) is 14.3 Å². The van der Waals surface area contributed by atoms with E-state index >= 15 is 0 Å². The van der Waals surface area contributed by atoms with Gasteiger partial charge in [0.2, 0.25) is 0 Å². The molecule has 1 heterocycles. The molecule has 17 heavy (non-hydrogen) atoms. The highest BCUT2D eigenvalue weighted by atomic mass is 127. The second-order valence-electron chi connectivity index (χ2n) is 4.01. The first-order valence-electron chi connectivity index (χ1n) is 5.48. The minimum Gasteiger partial charge on any atom is -0.490 e. The first-order valence-corrected chi connectivity index (χ1v) is 6.73. The topological polar surface area (TPSA) is 35.5 Å². The zero-order valence-corrected chi connectivity index (χ0v) is 12.4. The second-order valence-corrected chi connectivity index (χ2v) is 4.73. The molecule has 0 aromatic carbocycles. The zero-order chi connectivity index (χ0) is 12.8. The van der Waals surface area contributed by atoms with Gasteiger partial charge in [-0.2, -0.15) is 0 Å². The number of ether oxygens (including phenoxy) is 2. The fourth-order valence-electron chi connectivity index (χ4n) is 1.72. The van der Waals surface area contributed by atoms with Crippen molar-refractivity contribution in [3.63, 3.8) is 0 Å². The van der Waals surface area contributed by atoms with Gasteiger partial charge in [-0.3, -0.25) is 0 Å². The van der Waals surface area contributed by atoms with E-state index in [2.05, 4.69) is 28.7 Å². The van der Waals surface area contributed by atoms with Crippen LogP contribution in [0.4, 0.5) is 0 Å². The van der Waals surface area contributed by atoms with Gasteiger partial charge in [-0.15, -0.1) is 0 Å². The molecule has 1 aliphatic heterocycles. The molecule has 0 fully saturated rings. The number of carbonyl (C=O) groups excluding carboxylic acids is 1. The normalized spacial score (nSPS) is 23.3. The van der Waals surface area contributed by atoms with Gasteiger partial charge in [-0.25, -0.2) is 4.79 Å². The van der Waals surface area contributed by atoms with E-state index in [4.69, 9.17) is 9.47 Å². The maximum absolute atomic E-state index is 11.5. The molecule has 3 nitrogen and oxygen atoms in total. The SMILES string of the molecule is COC1=CC[C@@H]([C@@H](C)C=C(C)C=CI)OC1=O. The first kappa shape index (κ1) is 14.3. The lowest BCUT2D eigenvalue weighted by Gasteiger charge is -2.25. The summed E-state index contributed by atoms with van der Waals surface area (Å²) < 4.78 is 12.2. The van der Waals surface area contributed by atoms with Gasteiger partial charge in [0.1, 0.15) is 6.10 Å². The monoisotopic (exact) mass is 348 g/mol. The molecule has 0 radical (unpaired) electrons. The summed E-state index contributed by atoms with van der Waals surface area (Å²) >= 11 is 2.18. The van der Waals surface area contributed by atoms with Crippen molar-refractivity contribution in [2.75, 3.05) is 7.11 Å². The number of esters is 1. The van der Waals surface area contributed by atoms with Crippen molar-refractivity contribution in [1.82, 2.24) is 0 Å². The molecule has 0 aromatic rings. The van der Waals surface area contributed by atoms with Crippen LogP contribution in [0.5, 0.6) is 0 Å². The van der Waals surface area contributed by atoms with Crippen LogP contribution in [0.3, 0.4) is 0 Å². The highest BCUT2D eigenvalue weighted by Gasteiger charge is 2.26. The summed E-state index contributed by atoms with van der Waals surface area (Å²) in [6.07, 6.45) is 6.54. The van der Waals surface area contributed by atoms with Crippen LogP contribution in [-0.4, -0.2) is 19.2 Å². The van der Waals surface area contributed by atoms with E-state index in [9.17, 15) is 4.79 Å². The standard InChI is InChI=1S/C13H17IO3/c1-9(6-7-14)8-10(2)11-4-5-12(16-3)13(15)17-11/h5-8,10-11H,4H2,1-3H3/t10-,11-/m0/s1. The van der Waals surface area contributed by atoms with Crippen molar-refractivity contribution in [3.8, 4) is 0 Å². The molecule has 0 saturated carbocycles. The Balaban J connectivity index is 2.68. The number of hydrogen-bond donors (Lipinski definition) is 0. The quantitative estimate of drug-likeness (QED) is 0.444. The number of halogens is 1. The molecular weight excluding hydrogens is 331 g/mol. The van der Waals surface area contributed by atoms with Crippen LogP contribution < -0.4 is 0 Å². The Kier molecular flexibility index (Phi) is 5.74. The lowest BCUT2D eigenvalue weighted by Crippen LogP contribution is -2.29. The molecule has 1 rings (SSSR count). The summed E-state index contributed by atoms with van der Waals surface area (Å²) in [6, 6.07) is 0. The Morgan fingerprint density at radius 3 is 2.94 bits per heavy atom. The lowest BCUT2D eigenvalue weighted by atomic mass is 9.97. The Hall–Kier alpha value is -0.780. The van der Waals surface area contributed by atoms with Crippen LogP contribution in [0.1, 0.15) is 20.3 Å². The molecule has 0 aliphatic carbocycles. The van der Waals surface area contributed by atoms with E-state index < -0.39 is 0 Å². The Morgan fingerprint density at radius 2 is 2.41 bits per heavy atom. The molecular formula is C13H17IO3. The average Bonchev–Trinajstić information content (AvgIpc) is 2.29. The number of methoxy groups -OCH3 is 1. The van der Waals surface area contributed by atoms with E-state index in [-0.39, 0.29) is 18.0 Å². The van der Waals surface area contributed by atoms with Gasteiger partial charge in [0.25, 0.3) is 0 Å². The predicted octanol–water partition coefficient (Wildman–Crippen LogP) is 3.36. The van der Waals surface area contributed by atoms with Crippen LogP contribution in [0.25, 0.3) is 0 Å². The predicted molar refractivity (Wildman–Crippen MR) is 75.7 cm³/mol. The molecule has 94 valence electrons. The summed E-state index contributed by atoms with van der Waals surface area (Å²) in [4.78, 5) is 11.5. The molecule has 1 aliphatic rings. The lowest BCUT2D eigenvalue weighted by molar-refractivity contribution is -0.151. The summed E-state index contributed by atoms with van der Waals surface area (Å²) in [5.41, 5.74) is 1.17. The van der Waals surface area contributed by atoms with Gasteiger partial charge in [0.15, 0.2) is 5.76 Å². The van der Waals surface area contributed by atoms with Crippen molar-refractivity contribution < 1.29 is 14.3 Å². The van der Waals surface area contributed by atoms with Crippen LogP contribution in [0.2, 0.25) is 0 Å². The van der Waals surface area contributed by atoms with E-state index in [1.165, 1.54) is 12.7 Å². The van der Waals surface area contributed by atoms with Crippen LogP contribution in [0.15, 0.2) is 33.6 Å². The third-order valence-corrected chi connectivity index (χ3v) is 3.01. The van der Waals surface area contributed by atoms with Gasteiger partial charge in [-0.1, -0.05) is 47.2 Å². The van der Waals surface area contributed by atoms with Crippen molar-refractivity contribution in [1.29, 1.82) is 0 Å². The molecule has 0 N–H and O–H groups in total. The molecule has 2 atom stereocenters. The fraction of sp³-hybridized carbons (Fsp3) is 0.462. The minimum atomic E-state index is -0.369. The molecule has 0 bridgehead atoms.